The van der Waals surface area contributed by atoms with Gasteiger partial charge in [0.2, 0.25) is 5.75 Å². The van der Waals surface area contributed by atoms with Crippen LogP contribution >= 0.6 is 0 Å². The Morgan fingerprint density at radius 2 is 1.66 bits per heavy atom. The maximum atomic E-state index is 13.1. The first-order valence-corrected chi connectivity index (χ1v) is 8.14. The van der Waals surface area contributed by atoms with Gasteiger partial charge in [0.25, 0.3) is 5.91 Å². The van der Waals surface area contributed by atoms with Crippen LogP contribution in [0.4, 0.5) is 18.9 Å². The minimum atomic E-state index is -4.66. The van der Waals surface area contributed by atoms with Gasteiger partial charge in [0, 0.05) is 0 Å². The first-order valence-electron chi connectivity index (χ1n) is 8.14. The summed E-state index contributed by atoms with van der Waals surface area (Å²) in [7, 11) is 4.22. The van der Waals surface area contributed by atoms with Crippen molar-refractivity contribution >= 4 is 17.7 Å². The van der Waals surface area contributed by atoms with Crippen LogP contribution in [0.25, 0.3) is 6.08 Å². The molecule has 0 aromatic heterocycles. The maximum absolute atomic E-state index is 13.1. The van der Waals surface area contributed by atoms with Gasteiger partial charge in [0.1, 0.15) is 11.6 Å². The van der Waals surface area contributed by atoms with Crippen molar-refractivity contribution in [2.24, 2.45) is 0 Å². The van der Waals surface area contributed by atoms with Crippen molar-refractivity contribution in [2.45, 2.75) is 6.18 Å². The van der Waals surface area contributed by atoms with Crippen LogP contribution in [0.15, 0.2) is 42.0 Å². The predicted molar refractivity (Wildman–Crippen MR) is 99.8 cm³/mol. The molecule has 0 saturated carbocycles. The number of hydrogen-bond acceptors (Lipinski definition) is 5. The van der Waals surface area contributed by atoms with Crippen LogP contribution < -0.4 is 19.5 Å². The van der Waals surface area contributed by atoms with Crippen LogP contribution in [0.1, 0.15) is 11.1 Å². The van der Waals surface area contributed by atoms with Gasteiger partial charge in [-0.2, -0.15) is 18.4 Å². The fourth-order valence-corrected chi connectivity index (χ4v) is 2.53. The highest BCUT2D eigenvalue weighted by Crippen LogP contribution is 2.39. The third-order valence-electron chi connectivity index (χ3n) is 3.84. The summed E-state index contributed by atoms with van der Waals surface area (Å²) < 4.78 is 54.9. The monoisotopic (exact) mass is 406 g/mol. The summed E-state index contributed by atoms with van der Waals surface area (Å²) >= 11 is 0. The van der Waals surface area contributed by atoms with Crippen molar-refractivity contribution in [1.29, 1.82) is 5.26 Å². The van der Waals surface area contributed by atoms with Gasteiger partial charge in [-0.25, -0.2) is 0 Å². The van der Waals surface area contributed by atoms with E-state index in [0.29, 0.717) is 22.8 Å². The lowest BCUT2D eigenvalue weighted by atomic mass is 10.1. The number of methoxy groups -OCH3 is 3. The fourth-order valence-electron chi connectivity index (χ4n) is 2.53. The third-order valence-corrected chi connectivity index (χ3v) is 3.84. The molecule has 0 aliphatic carbocycles. The molecule has 0 fully saturated rings. The summed E-state index contributed by atoms with van der Waals surface area (Å²) in [5.41, 5.74) is -1.51. The second kappa shape index (κ2) is 9.01. The summed E-state index contributed by atoms with van der Waals surface area (Å²) in [4.78, 5) is 12.4. The minimum absolute atomic E-state index is 0.290. The molecule has 0 unspecified atom stereocenters. The molecular formula is C20H17F3N2O4. The molecule has 0 atom stereocenters. The molecule has 9 heteroatoms. The van der Waals surface area contributed by atoms with Crippen molar-refractivity contribution in [3.05, 3.63) is 53.1 Å². The molecular weight excluding hydrogens is 389 g/mol. The van der Waals surface area contributed by atoms with Crippen LogP contribution in [0.2, 0.25) is 0 Å². The number of ether oxygens (including phenoxy) is 3. The van der Waals surface area contributed by atoms with E-state index in [2.05, 4.69) is 5.32 Å². The number of rotatable bonds is 6. The SMILES string of the molecule is COc1cc(/C=C(\C#N)C(=O)Nc2ccccc2C(F)(F)F)cc(OC)c1OC. The summed E-state index contributed by atoms with van der Waals surface area (Å²) in [5, 5.41) is 11.5. The van der Waals surface area contributed by atoms with Crippen molar-refractivity contribution in [1.82, 2.24) is 0 Å². The Hall–Kier alpha value is -3.67. The van der Waals surface area contributed by atoms with Crippen molar-refractivity contribution < 1.29 is 32.2 Å². The Labute approximate surface area is 165 Å². The second-order valence-corrected chi connectivity index (χ2v) is 5.63. The van der Waals surface area contributed by atoms with Crippen LogP contribution in [-0.4, -0.2) is 27.2 Å². The highest BCUT2D eigenvalue weighted by atomic mass is 19.4. The van der Waals surface area contributed by atoms with Crippen LogP contribution in [-0.2, 0) is 11.0 Å². The highest BCUT2D eigenvalue weighted by Gasteiger charge is 2.33. The van der Waals surface area contributed by atoms with Crippen LogP contribution in [0.5, 0.6) is 17.2 Å². The average molecular weight is 406 g/mol. The molecule has 2 aromatic carbocycles. The largest absolute Gasteiger partial charge is 0.493 e. The van der Waals surface area contributed by atoms with E-state index in [1.54, 1.807) is 6.07 Å². The highest BCUT2D eigenvalue weighted by molar-refractivity contribution is 6.10. The van der Waals surface area contributed by atoms with Gasteiger partial charge in [-0.3, -0.25) is 4.79 Å². The molecule has 0 aliphatic rings. The number of amides is 1. The first-order chi connectivity index (χ1) is 13.7. The van der Waals surface area contributed by atoms with E-state index in [-0.39, 0.29) is 0 Å². The normalized spacial score (nSPS) is 11.4. The van der Waals surface area contributed by atoms with E-state index in [1.165, 1.54) is 51.7 Å². The fraction of sp³-hybridized carbons (Fsp3) is 0.200. The number of alkyl halides is 3. The molecule has 29 heavy (non-hydrogen) atoms. The predicted octanol–water partition coefficient (Wildman–Crippen LogP) is 4.28. The lowest BCUT2D eigenvalue weighted by Crippen LogP contribution is -2.17. The zero-order chi connectivity index (χ0) is 21.6. The summed E-state index contributed by atoms with van der Waals surface area (Å²) in [5.74, 6) is -0.0939. The summed E-state index contributed by atoms with van der Waals surface area (Å²) in [6.07, 6.45) is -3.45. The number of benzene rings is 2. The zero-order valence-electron chi connectivity index (χ0n) is 15.8. The number of para-hydroxylation sites is 1. The van der Waals surface area contributed by atoms with E-state index < -0.39 is 28.9 Å². The Balaban J connectivity index is 2.41. The van der Waals surface area contributed by atoms with Crippen molar-refractivity contribution in [3.8, 4) is 23.3 Å². The first kappa shape index (κ1) is 21.6. The lowest BCUT2D eigenvalue weighted by molar-refractivity contribution is -0.137. The van der Waals surface area contributed by atoms with Gasteiger partial charge in [0.05, 0.1) is 32.6 Å². The summed E-state index contributed by atoms with van der Waals surface area (Å²) in [6.45, 7) is 0. The molecule has 0 radical (unpaired) electrons. The van der Waals surface area contributed by atoms with Crippen molar-refractivity contribution in [3.63, 3.8) is 0 Å². The van der Waals surface area contributed by atoms with Crippen LogP contribution in [0, 0.1) is 11.3 Å². The molecule has 2 aromatic rings. The van der Waals surface area contributed by atoms with Gasteiger partial charge < -0.3 is 19.5 Å². The van der Waals surface area contributed by atoms with E-state index in [4.69, 9.17) is 14.2 Å². The molecule has 1 N–H and O–H groups in total. The van der Waals surface area contributed by atoms with Gasteiger partial charge in [-0.15, -0.1) is 0 Å². The maximum Gasteiger partial charge on any atom is 0.418 e. The van der Waals surface area contributed by atoms with Gasteiger partial charge in [-0.05, 0) is 35.9 Å². The Kier molecular flexibility index (Phi) is 6.72. The molecule has 0 bridgehead atoms. The number of halogens is 3. The van der Waals surface area contributed by atoms with Crippen molar-refractivity contribution in [2.75, 3.05) is 26.6 Å². The number of nitrogens with one attached hydrogen (secondary N) is 1. The number of nitriles is 1. The average Bonchev–Trinajstić information content (AvgIpc) is 2.70. The van der Waals surface area contributed by atoms with E-state index in [0.717, 1.165) is 12.1 Å². The topological polar surface area (TPSA) is 80.6 Å². The Morgan fingerprint density at radius 1 is 1.07 bits per heavy atom. The molecule has 0 aliphatic heterocycles. The van der Waals surface area contributed by atoms with E-state index in [9.17, 15) is 23.2 Å². The van der Waals surface area contributed by atoms with Gasteiger partial charge in [-0.1, -0.05) is 12.1 Å². The van der Waals surface area contributed by atoms with Gasteiger partial charge >= 0.3 is 6.18 Å². The Bertz CT molecular complexity index is 953. The zero-order valence-corrected chi connectivity index (χ0v) is 15.8. The molecule has 0 saturated heterocycles. The van der Waals surface area contributed by atoms with E-state index in [1.807, 2.05) is 0 Å². The molecule has 0 heterocycles. The number of anilines is 1. The van der Waals surface area contributed by atoms with Crippen LogP contribution in [0.3, 0.4) is 0 Å². The number of carbonyl (C=O) groups excluding carboxylic acids is 1. The molecule has 2 rings (SSSR count). The third kappa shape index (κ3) is 4.99. The summed E-state index contributed by atoms with van der Waals surface area (Å²) in [6, 6.07) is 9.17. The quantitative estimate of drug-likeness (QED) is 0.572. The molecule has 0 spiro atoms. The number of carbonyl (C=O) groups is 1. The number of hydrogen-bond donors (Lipinski definition) is 1. The molecule has 1 amide bonds. The lowest BCUT2D eigenvalue weighted by Gasteiger charge is -2.14. The minimum Gasteiger partial charge on any atom is -0.493 e. The molecule has 6 nitrogen and oxygen atoms in total. The number of nitrogens with zero attached hydrogens (tertiary/aromatic N) is 1. The second-order valence-electron chi connectivity index (χ2n) is 5.63. The standard InChI is InChI=1S/C20H17F3N2O4/c1-27-16-9-12(10-17(28-2)18(16)29-3)8-13(11-24)19(26)25-15-7-5-4-6-14(15)20(21,22)23/h4-10H,1-3H3,(H,25,26)/b13-8+. The van der Waals surface area contributed by atoms with Gasteiger partial charge in [0.15, 0.2) is 11.5 Å². The smallest absolute Gasteiger partial charge is 0.418 e. The molecule has 152 valence electrons. The Morgan fingerprint density at radius 3 is 2.14 bits per heavy atom. The van der Waals surface area contributed by atoms with E-state index >= 15 is 0 Å².